The van der Waals surface area contributed by atoms with E-state index in [4.69, 9.17) is 0 Å². The van der Waals surface area contributed by atoms with Gasteiger partial charge in [0.25, 0.3) is 0 Å². The number of benzene rings is 1. The van der Waals surface area contributed by atoms with E-state index in [1.165, 1.54) is 44.1 Å². The van der Waals surface area contributed by atoms with E-state index < -0.39 is 7.25 Å². The second kappa shape index (κ2) is 12.5. The van der Waals surface area contributed by atoms with Crippen LogP contribution in [0.25, 0.3) is 0 Å². The molecule has 0 bridgehead atoms. The summed E-state index contributed by atoms with van der Waals surface area (Å²) < 4.78 is 43.6. The number of halogens is 4. The van der Waals surface area contributed by atoms with Crippen LogP contribution in [0.4, 0.5) is 17.3 Å². The highest BCUT2D eigenvalue weighted by Crippen LogP contribution is 2.07. The van der Waals surface area contributed by atoms with Crippen LogP contribution >= 0.6 is 0 Å². The average Bonchev–Trinajstić information content (AvgIpc) is 3.03. The Kier molecular flexibility index (Phi) is 10.7. The van der Waals surface area contributed by atoms with Crippen molar-refractivity contribution in [3.05, 3.63) is 54.6 Å². The molecule has 146 valence electrons. The van der Waals surface area contributed by atoms with Gasteiger partial charge in [0.05, 0.1) is 13.1 Å². The number of hydrogen-bond acceptors (Lipinski definition) is 0. The lowest BCUT2D eigenvalue weighted by atomic mass is 10.1. The zero-order valence-corrected chi connectivity index (χ0v) is 15.5. The van der Waals surface area contributed by atoms with Crippen LogP contribution in [0.1, 0.15) is 51.0 Å². The normalized spacial score (nSPS) is 11.1. The summed E-state index contributed by atoms with van der Waals surface area (Å²) in [5.74, 6) is 0. The molecule has 0 saturated heterocycles. The van der Waals surface area contributed by atoms with Gasteiger partial charge in [-0.1, -0.05) is 62.9 Å². The Balaban J connectivity index is 0.000000597. The van der Waals surface area contributed by atoms with Gasteiger partial charge in [-0.2, -0.15) is 0 Å². The summed E-state index contributed by atoms with van der Waals surface area (Å²) in [6.07, 6.45) is 15.9. The first kappa shape index (κ1) is 22.3. The Morgan fingerprint density at radius 1 is 0.923 bits per heavy atom. The van der Waals surface area contributed by atoms with E-state index in [1.54, 1.807) is 0 Å². The van der Waals surface area contributed by atoms with Crippen molar-refractivity contribution in [2.45, 2.75) is 65.0 Å². The molecule has 1 aromatic carbocycles. The molecule has 1 heterocycles. The maximum absolute atomic E-state index is 9.75. The highest BCUT2D eigenvalue weighted by molar-refractivity contribution is 6.50. The average molecular weight is 372 g/mol. The molecule has 0 N–H and O–H groups in total. The van der Waals surface area contributed by atoms with Gasteiger partial charge in [-0.05, 0) is 18.4 Å². The number of aryl methyl sites for hydroxylation is 3. The maximum atomic E-state index is 9.75. The lowest BCUT2D eigenvalue weighted by molar-refractivity contribution is -0.696. The number of nitrogens with zero attached hydrogens (tertiary/aromatic N) is 2. The highest BCUT2D eigenvalue weighted by atomic mass is 19.5. The van der Waals surface area contributed by atoms with Crippen molar-refractivity contribution in [3.63, 3.8) is 0 Å². The number of unbranched alkanes of at least 4 members (excludes halogenated alkanes) is 5. The molecule has 0 spiro atoms. The summed E-state index contributed by atoms with van der Waals surface area (Å²) in [5.41, 5.74) is 1.41. The summed E-state index contributed by atoms with van der Waals surface area (Å²) >= 11 is 0. The predicted octanol–water partition coefficient (Wildman–Crippen LogP) is 5.68. The Morgan fingerprint density at radius 2 is 1.54 bits per heavy atom. The molecule has 2 rings (SSSR count). The quantitative estimate of drug-likeness (QED) is 0.220. The van der Waals surface area contributed by atoms with Crippen LogP contribution in [-0.4, -0.2) is 11.8 Å². The van der Waals surface area contributed by atoms with Crippen molar-refractivity contribution in [2.75, 3.05) is 0 Å². The second-order valence-corrected chi connectivity index (χ2v) is 6.39. The molecular weight excluding hydrogens is 343 g/mol. The van der Waals surface area contributed by atoms with E-state index >= 15 is 0 Å². The van der Waals surface area contributed by atoms with Crippen LogP contribution in [-0.2, 0) is 19.5 Å². The minimum absolute atomic E-state index is 1.06. The molecule has 26 heavy (non-hydrogen) atoms. The van der Waals surface area contributed by atoms with Crippen LogP contribution in [0, 0.1) is 0 Å². The lowest BCUT2D eigenvalue weighted by Gasteiger charge is -1.99. The van der Waals surface area contributed by atoms with Gasteiger partial charge in [-0.25, -0.2) is 9.13 Å². The Bertz CT molecular complexity index is 579. The van der Waals surface area contributed by atoms with Crippen molar-refractivity contribution in [2.24, 2.45) is 0 Å². The van der Waals surface area contributed by atoms with Crippen molar-refractivity contribution < 1.29 is 21.8 Å². The molecule has 2 aromatic rings. The van der Waals surface area contributed by atoms with Crippen molar-refractivity contribution in [1.29, 1.82) is 0 Å². The first-order valence-corrected chi connectivity index (χ1v) is 9.34. The van der Waals surface area contributed by atoms with E-state index in [1.807, 2.05) is 0 Å². The SMILES string of the molecule is CCCCCCCC[n+]1ccn(CCc2ccccc2)c1.F[B-](F)(F)F. The molecule has 0 saturated carbocycles. The van der Waals surface area contributed by atoms with Gasteiger partial charge in [0.15, 0.2) is 0 Å². The molecule has 1 aromatic heterocycles. The minimum Gasteiger partial charge on any atom is -0.418 e. The molecule has 0 aliphatic heterocycles. The third-order valence-corrected chi connectivity index (χ3v) is 4.02. The van der Waals surface area contributed by atoms with E-state index in [0.717, 1.165) is 19.5 Å². The standard InChI is InChI=1S/C19H29N2.BF4/c1-2-3-4-5-6-10-14-20-16-17-21(18-20)15-13-19-11-8-7-9-12-19;2-1(3,4)5/h7-9,11-12,16-18H,2-6,10,13-15H2,1H3;/q+1;-1. The largest absolute Gasteiger partial charge is 0.673 e. The summed E-state index contributed by atoms with van der Waals surface area (Å²) in [7, 11) is -6.00. The van der Waals surface area contributed by atoms with Crippen LogP contribution in [0.2, 0.25) is 0 Å². The van der Waals surface area contributed by atoms with Crippen molar-refractivity contribution in [3.8, 4) is 0 Å². The van der Waals surface area contributed by atoms with E-state index in [0.29, 0.717) is 0 Å². The monoisotopic (exact) mass is 372 g/mol. The Morgan fingerprint density at radius 3 is 2.19 bits per heavy atom. The van der Waals surface area contributed by atoms with Crippen molar-refractivity contribution >= 4 is 7.25 Å². The lowest BCUT2D eigenvalue weighted by Crippen LogP contribution is -2.30. The van der Waals surface area contributed by atoms with E-state index in [-0.39, 0.29) is 0 Å². The number of imidazole rings is 1. The summed E-state index contributed by atoms with van der Waals surface area (Å²) in [4.78, 5) is 0. The van der Waals surface area contributed by atoms with Crippen LogP contribution < -0.4 is 4.57 Å². The number of hydrogen-bond donors (Lipinski definition) is 0. The zero-order chi connectivity index (χ0) is 19.3. The first-order chi connectivity index (χ1) is 12.4. The molecule has 0 unspecified atom stereocenters. The molecule has 0 aliphatic carbocycles. The Labute approximate surface area is 154 Å². The molecule has 0 atom stereocenters. The van der Waals surface area contributed by atoms with Gasteiger partial charge < -0.3 is 17.3 Å². The molecule has 0 aliphatic rings. The van der Waals surface area contributed by atoms with Gasteiger partial charge in [0.1, 0.15) is 12.4 Å². The predicted molar refractivity (Wildman–Crippen MR) is 98.3 cm³/mol. The minimum atomic E-state index is -6.00. The zero-order valence-electron chi connectivity index (χ0n) is 15.5. The molecule has 0 radical (unpaired) electrons. The van der Waals surface area contributed by atoms with Crippen molar-refractivity contribution in [1.82, 2.24) is 4.57 Å². The fraction of sp³-hybridized carbons (Fsp3) is 0.526. The fourth-order valence-corrected chi connectivity index (χ4v) is 2.68. The third kappa shape index (κ3) is 12.6. The molecule has 7 heteroatoms. The molecule has 0 fully saturated rings. The Hall–Kier alpha value is -1.79. The summed E-state index contributed by atoms with van der Waals surface area (Å²) in [6.45, 7) is 4.49. The van der Waals surface area contributed by atoms with Gasteiger partial charge in [-0.3, -0.25) is 0 Å². The maximum Gasteiger partial charge on any atom is 0.673 e. The highest BCUT2D eigenvalue weighted by Gasteiger charge is 2.20. The number of rotatable bonds is 10. The van der Waals surface area contributed by atoms with E-state index in [9.17, 15) is 17.3 Å². The van der Waals surface area contributed by atoms with Gasteiger partial charge in [0.2, 0.25) is 6.33 Å². The van der Waals surface area contributed by atoms with Gasteiger partial charge >= 0.3 is 7.25 Å². The molecular formula is C19H29BF4N2. The number of aromatic nitrogens is 2. The summed E-state index contributed by atoms with van der Waals surface area (Å²) in [5, 5.41) is 0. The third-order valence-electron chi connectivity index (χ3n) is 4.02. The van der Waals surface area contributed by atoms with Gasteiger partial charge in [-0.15, -0.1) is 0 Å². The smallest absolute Gasteiger partial charge is 0.418 e. The van der Waals surface area contributed by atoms with Gasteiger partial charge in [0, 0.05) is 6.42 Å². The second-order valence-electron chi connectivity index (χ2n) is 6.39. The topological polar surface area (TPSA) is 8.81 Å². The van der Waals surface area contributed by atoms with Crippen LogP contribution in [0.5, 0.6) is 0 Å². The van der Waals surface area contributed by atoms with Crippen LogP contribution in [0.3, 0.4) is 0 Å². The molecule has 2 nitrogen and oxygen atoms in total. The first-order valence-electron chi connectivity index (χ1n) is 9.34. The molecule has 0 amide bonds. The van der Waals surface area contributed by atoms with Crippen LogP contribution in [0.15, 0.2) is 49.1 Å². The summed E-state index contributed by atoms with van der Waals surface area (Å²) in [6, 6.07) is 10.7. The fourth-order valence-electron chi connectivity index (χ4n) is 2.68. The van der Waals surface area contributed by atoms with E-state index in [2.05, 4.69) is 65.1 Å².